The first-order chi connectivity index (χ1) is 17.6. The third-order valence-electron chi connectivity index (χ3n) is 5.71. The molecule has 0 unspecified atom stereocenters. The summed E-state index contributed by atoms with van der Waals surface area (Å²) in [6.07, 6.45) is 6.94. The molecule has 182 valence electrons. The van der Waals surface area contributed by atoms with Crippen molar-refractivity contribution >= 4 is 22.4 Å². The molecule has 10 heteroatoms. The van der Waals surface area contributed by atoms with Gasteiger partial charge in [-0.2, -0.15) is 5.10 Å². The largest absolute Gasteiger partial charge is 0.497 e. The lowest BCUT2D eigenvalue weighted by molar-refractivity contribution is 0.394. The average molecular weight is 484 g/mol. The first kappa shape index (κ1) is 23.0. The molecule has 0 N–H and O–H groups in total. The summed E-state index contributed by atoms with van der Waals surface area (Å²) in [5, 5.41) is 4.25. The van der Waals surface area contributed by atoms with E-state index in [9.17, 15) is 0 Å². The Kier molecular flexibility index (Phi) is 6.31. The predicted molar refractivity (Wildman–Crippen MR) is 136 cm³/mol. The van der Waals surface area contributed by atoms with Crippen molar-refractivity contribution in [3.63, 3.8) is 0 Å². The molecule has 0 atom stereocenters. The number of anilines is 2. The number of hydrogen-bond acceptors (Lipinski definition) is 9. The van der Waals surface area contributed by atoms with Crippen molar-refractivity contribution in [2.75, 3.05) is 26.2 Å². The number of aryl methyl sites for hydroxylation is 1. The molecule has 2 aromatic carbocycles. The number of hydrogen-bond donors (Lipinski definition) is 0. The second kappa shape index (κ2) is 9.87. The highest BCUT2D eigenvalue weighted by Crippen LogP contribution is 2.35. The van der Waals surface area contributed by atoms with Crippen LogP contribution in [0.2, 0.25) is 0 Å². The third-order valence-corrected chi connectivity index (χ3v) is 5.71. The molecule has 3 heterocycles. The van der Waals surface area contributed by atoms with E-state index in [4.69, 9.17) is 19.2 Å². The quantitative estimate of drug-likeness (QED) is 0.322. The fourth-order valence-corrected chi connectivity index (χ4v) is 3.88. The zero-order valence-corrected chi connectivity index (χ0v) is 20.4. The molecule has 10 nitrogen and oxygen atoms in total. The van der Waals surface area contributed by atoms with Gasteiger partial charge in [0.1, 0.15) is 17.8 Å². The second-order valence-electron chi connectivity index (χ2n) is 8.04. The van der Waals surface area contributed by atoms with Gasteiger partial charge in [0.25, 0.3) is 0 Å². The van der Waals surface area contributed by atoms with Gasteiger partial charge in [-0.25, -0.2) is 15.0 Å². The fourth-order valence-electron chi connectivity index (χ4n) is 3.88. The zero-order chi connectivity index (χ0) is 25.1. The molecule has 36 heavy (non-hydrogen) atoms. The maximum atomic E-state index is 5.52. The summed E-state index contributed by atoms with van der Waals surface area (Å²) >= 11 is 0. The van der Waals surface area contributed by atoms with Gasteiger partial charge >= 0.3 is 0 Å². The van der Waals surface area contributed by atoms with Gasteiger partial charge in [-0.1, -0.05) is 0 Å². The topological polar surface area (TPSA) is 100 Å². The monoisotopic (exact) mass is 483 g/mol. The standard InChI is InChI=1S/C26H25N7O3/c1-32-14-17(12-30-32)25-13-27-23-6-5-19(10-24(23)31-25)33(15-18-7-26(36-4)29-16-28-18)20-8-21(34-2)11-22(9-20)35-3/h5-14,16H,15H2,1-4H3. The molecule has 5 rings (SSSR count). The predicted octanol–water partition coefficient (Wildman–Crippen LogP) is 4.18. The SMILES string of the molecule is COc1cc(OC)cc(N(Cc2cc(OC)ncn2)c2ccc3ncc(-c4cnn(C)c4)nc3c2)c1. The van der Waals surface area contributed by atoms with E-state index in [0.29, 0.717) is 23.9 Å². The lowest BCUT2D eigenvalue weighted by Gasteiger charge is -2.26. The fraction of sp³-hybridized carbons (Fsp3) is 0.192. The molecule has 0 saturated heterocycles. The van der Waals surface area contributed by atoms with Crippen LogP contribution in [0.4, 0.5) is 11.4 Å². The Morgan fingerprint density at radius 3 is 2.31 bits per heavy atom. The minimum absolute atomic E-state index is 0.441. The summed E-state index contributed by atoms with van der Waals surface area (Å²) in [5.41, 5.74) is 5.74. The van der Waals surface area contributed by atoms with Crippen molar-refractivity contribution in [2.24, 2.45) is 7.05 Å². The summed E-state index contributed by atoms with van der Waals surface area (Å²) in [6, 6.07) is 13.5. The Labute approximate surface area is 208 Å². The molecule has 0 fully saturated rings. The minimum Gasteiger partial charge on any atom is -0.497 e. The summed E-state index contributed by atoms with van der Waals surface area (Å²) in [4.78, 5) is 20.1. The van der Waals surface area contributed by atoms with Gasteiger partial charge in [0, 0.05) is 54.4 Å². The number of fused-ring (bicyclic) bond motifs is 1. The maximum absolute atomic E-state index is 5.52. The first-order valence-corrected chi connectivity index (χ1v) is 11.2. The third kappa shape index (κ3) is 4.74. The number of aromatic nitrogens is 6. The van der Waals surface area contributed by atoms with Gasteiger partial charge in [0.15, 0.2) is 0 Å². The van der Waals surface area contributed by atoms with Gasteiger partial charge in [0.05, 0.1) is 62.7 Å². The van der Waals surface area contributed by atoms with E-state index in [-0.39, 0.29) is 0 Å². The highest BCUT2D eigenvalue weighted by atomic mass is 16.5. The molecule has 0 aliphatic heterocycles. The van der Waals surface area contributed by atoms with Crippen molar-refractivity contribution in [1.82, 2.24) is 29.7 Å². The molecule has 3 aromatic heterocycles. The Bertz CT molecular complexity index is 1500. The molecule has 0 spiro atoms. The lowest BCUT2D eigenvalue weighted by atomic mass is 10.1. The van der Waals surface area contributed by atoms with Crippen LogP contribution >= 0.6 is 0 Å². The van der Waals surface area contributed by atoms with Crippen LogP contribution in [-0.2, 0) is 13.6 Å². The molecule has 0 saturated carbocycles. The van der Waals surface area contributed by atoms with Gasteiger partial charge in [-0.05, 0) is 18.2 Å². The van der Waals surface area contributed by atoms with Crippen LogP contribution in [-0.4, -0.2) is 51.0 Å². The van der Waals surface area contributed by atoms with Gasteiger partial charge in [-0.15, -0.1) is 0 Å². The highest BCUT2D eigenvalue weighted by molar-refractivity contribution is 5.82. The summed E-state index contributed by atoms with van der Waals surface area (Å²) < 4.78 is 18.1. The van der Waals surface area contributed by atoms with Crippen LogP contribution in [0, 0.1) is 0 Å². The van der Waals surface area contributed by atoms with Gasteiger partial charge in [0.2, 0.25) is 5.88 Å². The number of methoxy groups -OCH3 is 3. The summed E-state index contributed by atoms with van der Waals surface area (Å²) in [7, 11) is 6.71. The zero-order valence-electron chi connectivity index (χ0n) is 20.4. The van der Waals surface area contributed by atoms with E-state index >= 15 is 0 Å². The highest BCUT2D eigenvalue weighted by Gasteiger charge is 2.16. The second-order valence-corrected chi connectivity index (χ2v) is 8.04. The summed E-state index contributed by atoms with van der Waals surface area (Å²) in [5.74, 6) is 1.84. The van der Waals surface area contributed by atoms with Crippen LogP contribution in [0.25, 0.3) is 22.3 Å². The van der Waals surface area contributed by atoms with Crippen LogP contribution in [0.5, 0.6) is 17.4 Å². The van der Waals surface area contributed by atoms with Crippen molar-refractivity contribution in [3.8, 4) is 28.6 Å². The van der Waals surface area contributed by atoms with Crippen molar-refractivity contribution in [2.45, 2.75) is 6.54 Å². The van der Waals surface area contributed by atoms with E-state index in [1.165, 1.54) is 6.33 Å². The van der Waals surface area contributed by atoms with Crippen LogP contribution < -0.4 is 19.1 Å². The van der Waals surface area contributed by atoms with Gasteiger partial charge < -0.3 is 19.1 Å². The Balaban J connectivity index is 1.62. The molecular weight excluding hydrogens is 458 g/mol. The number of rotatable bonds is 8. The molecular formula is C26H25N7O3. The van der Waals surface area contributed by atoms with Crippen LogP contribution in [0.1, 0.15) is 5.69 Å². The van der Waals surface area contributed by atoms with Crippen molar-refractivity contribution < 1.29 is 14.2 Å². The van der Waals surface area contributed by atoms with E-state index in [2.05, 4.69) is 25.0 Å². The van der Waals surface area contributed by atoms with E-state index in [1.807, 2.05) is 55.7 Å². The van der Waals surface area contributed by atoms with Gasteiger partial charge in [-0.3, -0.25) is 9.67 Å². The van der Waals surface area contributed by atoms with E-state index in [1.54, 1.807) is 38.4 Å². The Morgan fingerprint density at radius 2 is 1.61 bits per heavy atom. The van der Waals surface area contributed by atoms with E-state index in [0.717, 1.165) is 39.4 Å². The van der Waals surface area contributed by atoms with Crippen LogP contribution in [0.3, 0.4) is 0 Å². The molecule has 0 amide bonds. The normalized spacial score (nSPS) is 10.9. The lowest BCUT2D eigenvalue weighted by Crippen LogP contribution is -2.18. The van der Waals surface area contributed by atoms with Crippen molar-refractivity contribution in [3.05, 3.63) is 73.1 Å². The molecule has 0 bridgehead atoms. The molecule has 0 radical (unpaired) electrons. The summed E-state index contributed by atoms with van der Waals surface area (Å²) in [6.45, 7) is 0.441. The Morgan fingerprint density at radius 1 is 0.806 bits per heavy atom. The molecule has 5 aromatic rings. The maximum Gasteiger partial charge on any atom is 0.216 e. The van der Waals surface area contributed by atoms with Crippen LogP contribution in [0.15, 0.2) is 67.4 Å². The smallest absolute Gasteiger partial charge is 0.216 e. The average Bonchev–Trinajstić information content (AvgIpc) is 3.37. The molecule has 0 aliphatic rings. The van der Waals surface area contributed by atoms with Crippen molar-refractivity contribution in [1.29, 1.82) is 0 Å². The number of nitrogens with zero attached hydrogens (tertiary/aromatic N) is 7. The molecule has 0 aliphatic carbocycles. The number of ether oxygens (including phenoxy) is 3. The first-order valence-electron chi connectivity index (χ1n) is 11.2. The van der Waals surface area contributed by atoms with E-state index < -0.39 is 0 Å². The Hall–Kier alpha value is -4.73. The minimum atomic E-state index is 0.441. The number of benzene rings is 2.